The zero-order chi connectivity index (χ0) is 21.5. The van der Waals surface area contributed by atoms with E-state index in [-0.39, 0.29) is 23.3 Å². The summed E-state index contributed by atoms with van der Waals surface area (Å²) in [6.07, 6.45) is 1.94. The van der Waals surface area contributed by atoms with Crippen molar-refractivity contribution in [1.82, 2.24) is 14.9 Å². The van der Waals surface area contributed by atoms with Gasteiger partial charge in [-0.15, -0.1) is 0 Å². The molecule has 0 saturated carbocycles. The molecule has 7 heteroatoms. The first-order valence-electron chi connectivity index (χ1n) is 10.2. The fraction of sp³-hybridized carbons (Fsp3) is 0.348. The minimum atomic E-state index is -0.160. The lowest BCUT2D eigenvalue weighted by Gasteiger charge is -2.15. The van der Waals surface area contributed by atoms with Gasteiger partial charge in [-0.1, -0.05) is 37.2 Å². The summed E-state index contributed by atoms with van der Waals surface area (Å²) < 4.78 is 7.06. The van der Waals surface area contributed by atoms with Crippen LogP contribution in [0.15, 0.2) is 58.5 Å². The topological polar surface area (TPSA) is 73.2 Å². The van der Waals surface area contributed by atoms with Crippen LogP contribution in [0.25, 0.3) is 16.6 Å². The Morgan fingerprint density at radius 1 is 1.17 bits per heavy atom. The van der Waals surface area contributed by atoms with Crippen molar-refractivity contribution >= 4 is 28.6 Å². The van der Waals surface area contributed by atoms with Crippen molar-refractivity contribution in [3.8, 4) is 11.4 Å². The van der Waals surface area contributed by atoms with Gasteiger partial charge in [0.2, 0.25) is 5.91 Å². The van der Waals surface area contributed by atoms with Crippen molar-refractivity contribution in [2.75, 3.05) is 12.4 Å². The summed E-state index contributed by atoms with van der Waals surface area (Å²) in [5, 5.41) is 4.02. The molecule has 6 nitrogen and oxygen atoms in total. The fourth-order valence-electron chi connectivity index (χ4n) is 3.25. The average Bonchev–Trinajstić information content (AvgIpc) is 2.73. The quantitative estimate of drug-likeness (QED) is 0.411. The Morgan fingerprint density at radius 2 is 1.90 bits per heavy atom. The maximum Gasteiger partial charge on any atom is 0.266 e. The first kappa shape index (κ1) is 21.9. The summed E-state index contributed by atoms with van der Waals surface area (Å²) in [5.41, 5.74) is 1.14. The normalized spacial score (nSPS) is 12.0. The molecule has 158 valence electrons. The molecule has 1 heterocycles. The Bertz CT molecular complexity index is 1060. The van der Waals surface area contributed by atoms with Crippen LogP contribution in [0.5, 0.6) is 5.75 Å². The summed E-state index contributed by atoms with van der Waals surface area (Å²) in [6.45, 7) is 6.58. The van der Waals surface area contributed by atoms with E-state index >= 15 is 0 Å². The van der Waals surface area contributed by atoms with Gasteiger partial charge in [-0.3, -0.25) is 14.2 Å². The summed E-state index contributed by atoms with van der Waals surface area (Å²) in [7, 11) is 0. The Morgan fingerprint density at radius 3 is 2.60 bits per heavy atom. The van der Waals surface area contributed by atoms with Crippen molar-refractivity contribution in [2.45, 2.75) is 44.8 Å². The van der Waals surface area contributed by atoms with Gasteiger partial charge in [-0.2, -0.15) is 0 Å². The number of aromatic nitrogens is 2. The lowest BCUT2D eigenvalue weighted by Crippen LogP contribution is -2.34. The Balaban J connectivity index is 1.95. The van der Waals surface area contributed by atoms with Crippen molar-refractivity contribution < 1.29 is 9.53 Å². The van der Waals surface area contributed by atoms with E-state index in [0.29, 0.717) is 28.4 Å². The molecule has 0 fully saturated rings. The molecular weight excluding hydrogens is 398 g/mol. The van der Waals surface area contributed by atoms with Crippen LogP contribution in [0.2, 0.25) is 0 Å². The molecule has 0 unspecified atom stereocenters. The molecule has 0 aliphatic carbocycles. The SMILES string of the molecule is CCC[C@@H](C)NC(=O)CSc1nc2ccccc2c(=O)n1-c1ccc(OCC)cc1. The van der Waals surface area contributed by atoms with E-state index in [1.54, 1.807) is 10.6 Å². The monoisotopic (exact) mass is 425 g/mol. The van der Waals surface area contributed by atoms with Gasteiger partial charge < -0.3 is 10.1 Å². The molecule has 1 N–H and O–H groups in total. The van der Waals surface area contributed by atoms with E-state index in [1.165, 1.54) is 11.8 Å². The second-order valence-electron chi connectivity index (χ2n) is 7.02. The van der Waals surface area contributed by atoms with Gasteiger partial charge in [-0.25, -0.2) is 4.98 Å². The maximum atomic E-state index is 13.2. The molecule has 0 radical (unpaired) electrons. The zero-order valence-corrected chi connectivity index (χ0v) is 18.4. The molecule has 2 aromatic carbocycles. The van der Waals surface area contributed by atoms with E-state index in [0.717, 1.165) is 18.6 Å². The fourth-order valence-corrected chi connectivity index (χ4v) is 4.07. The molecule has 0 bridgehead atoms. The molecule has 0 aliphatic heterocycles. The molecule has 30 heavy (non-hydrogen) atoms. The van der Waals surface area contributed by atoms with E-state index in [1.807, 2.05) is 56.3 Å². The van der Waals surface area contributed by atoms with Crippen LogP contribution < -0.4 is 15.6 Å². The van der Waals surface area contributed by atoms with Crippen LogP contribution in [0.1, 0.15) is 33.6 Å². The third-order valence-electron chi connectivity index (χ3n) is 4.61. The van der Waals surface area contributed by atoms with Gasteiger partial charge in [0.15, 0.2) is 5.16 Å². The van der Waals surface area contributed by atoms with Crippen molar-refractivity contribution in [3.63, 3.8) is 0 Å². The number of carbonyl (C=O) groups is 1. The van der Waals surface area contributed by atoms with E-state index < -0.39 is 0 Å². The van der Waals surface area contributed by atoms with E-state index in [9.17, 15) is 9.59 Å². The van der Waals surface area contributed by atoms with Gasteiger partial charge >= 0.3 is 0 Å². The van der Waals surface area contributed by atoms with Gasteiger partial charge in [0.1, 0.15) is 5.75 Å². The number of benzene rings is 2. The van der Waals surface area contributed by atoms with Crippen LogP contribution in [0, 0.1) is 0 Å². The zero-order valence-electron chi connectivity index (χ0n) is 17.6. The molecule has 0 aliphatic rings. The number of para-hydroxylation sites is 1. The van der Waals surface area contributed by atoms with Crippen LogP contribution in [-0.2, 0) is 4.79 Å². The van der Waals surface area contributed by atoms with Crippen LogP contribution in [0.4, 0.5) is 0 Å². The number of nitrogens with one attached hydrogen (secondary N) is 1. The first-order valence-corrected chi connectivity index (χ1v) is 11.2. The van der Waals surface area contributed by atoms with Crippen LogP contribution >= 0.6 is 11.8 Å². The lowest BCUT2D eigenvalue weighted by atomic mass is 10.2. The standard InChI is InChI=1S/C23H27N3O3S/c1-4-8-16(3)24-21(27)15-30-23-25-20-10-7-6-9-19(20)22(28)26(23)17-11-13-18(14-12-17)29-5-2/h6-7,9-14,16H,4-5,8,15H2,1-3H3,(H,24,27)/t16-/m1/s1. The predicted molar refractivity (Wildman–Crippen MR) is 122 cm³/mol. The number of fused-ring (bicyclic) bond motifs is 1. The van der Waals surface area contributed by atoms with Gasteiger partial charge in [0.25, 0.3) is 5.56 Å². The molecule has 0 spiro atoms. The molecule has 3 aromatic rings. The van der Waals surface area contributed by atoms with Crippen LogP contribution in [0.3, 0.4) is 0 Å². The molecule has 3 rings (SSSR count). The number of carbonyl (C=O) groups excluding carboxylic acids is 1. The summed E-state index contributed by atoms with van der Waals surface area (Å²) in [4.78, 5) is 30.3. The van der Waals surface area contributed by atoms with Crippen LogP contribution in [-0.4, -0.2) is 33.9 Å². The number of amides is 1. The minimum absolute atomic E-state index is 0.0680. The number of ether oxygens (including phenoxy) is 1. The third-order valence-corrected chi connectivity index (χ3v) is 5.55. The first-order chi connectivity index (χ1) is 14.5. The third kappa shape index (κ3) is 5.21. The minimum Gasteiger partial charge on any atom is -0.494 e. The Hall–Kier alpha value is -2.80. The predicted octanol–water partition coefficient (Wildman–Crippen LogP) is 4.18. The van der Waals surface area contributed by atoms with Crippen molar-refractivity contribution in [1.29, 1.82) is 0 Å². The Kier molecular flexibility index (Phi) is 7.52. The highest BCUT2D eigenvalue weighted by Crippen LogP contribution is 2.23. The Labute approximate surface area is 180 Å². The van der Waals surface area contributed by atoms with Gasteiger partial charge in [0.05, 0.1) is 29.0 Å². The molecule has 1 atom stereocenters. The average molecular weight is 426 g/mol. The highest BCUT2D eigenvalue weighted by molar-refractivity contribution is 7.99. The van der Waals surface area contributed by atoms with Gasteiger partial charge in [-0.05, 0) is 56.7 Å². The molecular formula is C23H27N3O3S. The lowest BCUT2D eigenvalue weighted by molar-refractivity contribution is -0.119. The second kappa shape index (κ2) is 10.3. The number of nitrogens with zero attached hydrogens (tertiary/aromatic N) is 2. The molecule has 1 aromatic heterocycles. The van der Waals surface area contributed by atoms with E-state index in [4.69, 9.17) is 4.74 Å². The smallest absolute Gasteiger partial charge is 0.266 e. The number of thioether (sulfide) groups is 1. The summed E-state index contributed by atoms with van der Waals surface area (Å²) in [6, 6.07) is 14.7. The highest BCUT2D eigenvalue weighted by Gasteiger charge is 2.15. The van der Waals surface area contributed by atoms with Crippen molar-refractivity contribution in [3.05, 3.63) is 58.9 Å². The molecule has 1 amide bonds. The summed E-state index contributed by atoms with van der Waals surface area (Å²) in [5.74, 6) is 0.860. The maximum absolute atomic E-state index is 13.2. The number of hydrogen-bond acceptors (Lipinski definition) is 5. The molecule has 0 saturated heterocycles. The van der Waals surface area contributed by atoms with Crippen molar-refractivity contribution in [2.24, 2.45) is 0 Å². The number of rotatable bonds is 9. The van der Waals surface area contributed by atoms with E-state index in [2.05, 4.69) is 17.2 Å². The highest BCUT2D eigenvalue weighted by atomic mass is 32.2. The number of hydrogen-bond donors (Lipinski definition) is 1. The van der Waals surface area contributed by atoms with Gasteiger partial charge in [0, 0.05) is 6.04 Å². The second-order valence-corrected chi connectivity index (χ2v) is 7.97. The summed E-state index contributed by atoms with van der Waals surface area (Å²) >= 11 is 1.26. The largest absolute Gasteiger partial charge is 0.494 e.